The number of nitrogens with zero attached hydrogens (tertiary/aromatic N) is 1. The maximum Gasteiger partial charge on any atom is 0.254 e. The average molecular weight is 420 g/mol. The van der Waals surface area contributed by atoms with E-state index in [-0.39, 0.29) is 23.5 Å². The van der Waals surface area contributed by atoms with Gasteiger partial charge in [0.05, 0.1) is 13.0 Å². The fraction of sp³-hybridized carbons (Fsp3) is 0.280. The Kier molecular flexibility index (Phi) is 5.89. The minimum Gasteiger partial charge on any atom is -0.496 e. The number of fused-ring (bicyclic) bond motifs is 1. The zero-order chi connectivity index (χ0) is 22.0. The molecule has 4 rings (SSSR count). The van der Waals surface area contributed by atoms with Gasteiger partial charge in [-0.25, -0.2) is 4.39 Å². The molecule has 0 saturated carbocycles. The number of ether oxygens (including phenoxy) is 1. The molecule has 6 heteroatoms. The lowest BCUT2D eigenvalue weighted by molar-refractivity contribution is -0.121. The van der Waals surface area contributed by atoms with Crippen LogP contribution in [0.15, 0.2) is 54.6 Å². The van der Waals surface area contributed by atoms with Crippen molar-refractivity contribution >= 4 is 28.3 Å². The number of methoxy groups -OCH3 is 1. The number of aryl methyl sites for hydroxylation is 1. The monoisotopic (exact) mass is 420 g/mol. The Morgan fingerprint density at radius 3 is 2.61 bits per heavy atom. The standard InChI is InChI=1S/C25H25FN2O3/c1-16-9-10-18(14-22(16)26)27-24(29)17-6-5-13-28(15-17)25(30)21-11-12-23(31-2)20-8-4-3-7-19(20)21/h3-4,7-12,14,17H,5-6,13,15H2,1-2H3,(H,27,29)/t17-/m1/s1. The Balaban J connectivity index is 1.52. The second kappa shape index (κ2) is 8.76. The Hall–Kier alpha value is -3.41. The summed E-state index contributed by atoms with van der Waals surface area (Å²) in [6, 6.07) is 15.9. The van der Waals surface area contributed by atoms with Gasteiger partial charge in [-0.15, -0.1) is 0 Å². The minimum absolute atomic E-state index is 0.0993. The molecule has 0 unspecified atom stereocenters. The van der Waals surface area contributed by atoms with Crippen molar-refractivity contribution in [3.05, 3.63) is 71.5 Å². The maximum atomic E-state index is 13.8. The number of halogens is 1. The maximum absolute atomic E-state index is 13.8. The fourth-order valence-electron chi connectivity index (χ4n) is 4.10. The molecule has 0 aromatic heterocycles. The van der Waals surface area contributed by atoms with Gasteiger partial charge in [-0.1, -0.05) is 30.3 Å². The molecule has 3 aromatic rings. The summed E-state index contributed by atoms with van der Waals surface area (Å²) in [4.78, 5) is 27.8. The van der Waals surface area contributed by atoms with Crippen LogP contribution in [0, 0.1) is 18.7 Å². The summed E-state index contributed by atoms with van der Waals surface area (Å²) in [5, 5.41) is 4.50. The number of piperidine rings is 1. The third-order valence-corrected chi connectivity index (χ3v) is 5.85. The molecular weight excluding hydrogens is 395 g/mol. The summed E-state index contributed by atoms with van der Waals surface area (Å²) in [6.07, 6.45) is 1.42. The second-order valence-electron chi connectivity index (χ2n) is 7.90. The van der Waals surface area contributed by atoms with Crippen molar-refractivity contribution in [2.45, 2.75) is 19.8 Å². The van der Waals surface area contributed by atoms with Gasteiger partial charge in [0.15, 0.2) is 0 Å². The Morgan fingerprint density at radius 2 is 1.87 bits per heavy atom. The molecule has 0 spiro atoms. The number of amides is 2. The van der Waals surface area contributed by atoms with E-state index in [1.165, 1.54) is 6.07 Å². The zero-order valence-corrected chi connectivity index (χ0v) is 17.7. The van der Waals surface area contributed by atoms with Crippen molar-refractivity contribution in [1.29, 1.82) is 0 Å². The van der Waals surface area contributed by atoms with Gasteiger partial charge in [-0.3, -0.25) is 9.59 Å². The number of rotatable bonds is 4. The fourth-order valence-corrected chi connectivity index (χ4v) is 4.10. The molecule has 2 amide bonds. The highest BCUT2D eigenvalue weighted by Gasteiger charge is 2.30. The number of hydrogen-bond acceptors (Lipinski definition) is 3. The van der Waals surface area contributed by atoms with Gasteiger partial charge >= 0.3 is 0 Å². The van der Waals surface area contributed by atoms with E-state index < -0.39 is 0 Å². The molecule has 0 bridgehead atoms. The van der Waals surface area contributed by atoms with E-state index in [0.29, 0.717) is 42.1 Å². The number of benzene rings is 3. The summed E-state index contributed by atoms with van der Waals surface area (Å²) in [5.74, 6) is -0.275. The van der Waals surface area contributed by atoms with Gasteiger partial charge in [-0.2, -0.15) is 0 Å². The van der Waals surface area contributed by atoms with Crippen molar-refractivity contribution in [3.8, 4) is 5.75 Å². The second-order valence-corrected chi connectivity index (χ2v) is 7.90. The third kappa shape index (κ3) is 4.24. The van der Waals surface area contributed by atoms with Gasteiger partial charge in [0.2, 0.25) is 5.91 Å². The van der Waals surface area contributed by atoms with Crippen LogP contribution in [0.25, 0.3) is 10.8 Å². The first-order valence-corrected chi connectivity index (χ1v) is 10.4. The lowest BCUT2D eigenvalue weighted by Gasteiger charge is -2.32. The number of likely N-dealkylation sites (tertiary alicyclic amines) is 1. The molecular formula is C25H25FN2O3. The van der Waals surface area contributed by atoms with E-state index in [1.807, 2.05) is 24.3 Å². The quantitative estimate of drug-likeness (QED) is 0.660. The van der Waals surface area contributed by atoms with Gasteiger partial charge in [-0.05, 0) is 55.0 Å². The number of nitrogens with one attached hydrogen (secondary N) is 1. The first kappa shape index (κ1) is 20.8. The number of carbonyl (C=O) groups excluding carboxylic acids is 2. The third-order valence-electron chi connectivity index (χ3n) is 5.85. The Labute approximate surface area is 180 Å². The largest absolute Gasteiger partial charge is 0.496 e. The van der Waals surface area contributed by atoms with Gasteiger partial charge in [0.25, 0.3) is 5.91 Å². The summed E-state index contributed by atoms with van der Waals surface area (Å²) in [7, 11) is 1.61. The highest BCUT2D eigenvalue weighted by molar-refractivity contribution is 6.08. The van der Waals surface area contributed by atoms with Crippen molar-refractivity contribution in [3.63, 3.8) is 0 Å². The highest BCUT2D eigenvalue weighted by Crippen LogP contribution is 2.30. The van der Waals surface area contributed by atoms with Crippen LogP contribution in [0.2, 0.25) is 0 Å². The van der Waals surface area contributed by atoms with E-state index in [0.717, 1.165) is 17.2 Å². The summed E-state index contributed by atoms with van der Waals surface area (Å²) < 4.78 is 19.2. The molecule has 1 saturated heterocycles. The lowest BCUT2D eigenvalue weighted by Crippen LogP contribution is -2.43. The van der Waals surface area contributed by atoms with Crippen LogP contribution in [-0.2, 0) is 4.79 Å². The van der Waals surface area contributed by atoms with Crippen LogP contribution in [0.4, 0.5) is 10.1 Å². The van der Waals surface area contributed by atoms with Gasteiger partial charge in [0, 0.05) is 29.7 Å². The molecule has 1 N–H and O–H groups in total. The molecule has 1 fully saturated rings. The van der Waals surface area contributed by atoms with E-state index in [2.05, 4.69) is 5.32 Å². The van der Waals surface area contributed by atoms with E-state index in [4.69, 9.17) is 4.74 Å². The molecule has 5 nitrogen and oxygen atoms in total. The molecule has 1 aliphatic rings. The lowest BCUT2D eigenvalue weighted by atomic mass is 9.95. The Bertz CT molecular complexity index is 1140. The molecule has 1 heterocycles. The predicted octanol–water partition coefficient (Wildman–Crippen LogP) is 4.79. The average Bonchev–Trinajstić information content (AvgIpc) is 2.80. The molecule has 0 radical (unpaired) electrons. The van der Waals surface area contributed by atoms with Crippen LogP contribution >= 0.6 is 0 Å². The van der Waals surface area contributed by atoms with Crippen LogP contribution in [0.5, 0.6) is 5.75 Å². The molecule has 31 heavy (non-hydrogen) atoms. The van der Waals surface area contributed by atoms with Gasteiger partial charge < -0.3 is 15.0 Å². The van der Waals surface area contributed by atoms with Crippen molar-refractivity contribution in [1.82, 2.24) is 4.90 Å². The topological polar surface area (TPSA) is 58.6 Å². The summed E-state index contributed by atoms with van der Waals surface area (Å²) in [5.41, 5.74) is 1.55. The SMILES string of the molecule is COc1ccc(C(=O)N2CCC[C@@H](C(=O)Nc3ccc(C)c(F)c3)C2)c2ccccc12. The van der Waals surface area contributed by atoms with Gasteiger partial charge in [0.1, 0.15) is 11.6 Å². The molecule has 1 aliphatic heterocycles. The van der Waals surface area contributed by atoms with Crippen LogP contribution < -0.4 is 10.1 Å². The van der Waals surface area contributed by atoms with E-state index in [1.54, 1.807) is 43.2 Å². The predicted molar refractivity (Wildman–Crippen MR) is 119 cm³/mol. The van der Waals surface area contributed by atoms with Crippen LogP contribution in [0.1, 0.15) is 28.8 Å². The van der Waals surface area contributed by atoms with E-state index >= 15 is 0 Å². The van der Waals surface area contributed by atoms with Crippen molar-refractivity contribution in [2.75, 3.05) is 25.5 Å². The smallest absolute Gasteiger partial charge is 0.254 e. The first-order chi connectivity index (χ1) is 15.0. The number of anilines is 1. The van der Waals surface area contributed by atoms with E-state index in [9.17, 15) is 14.0 Å². The highest BCUT2D eigenvalue weighted by atomic mass is 19.1. The molecule has 0 aliphatic carbocycles. The van der Waals surface area contributed by atoms with Crippen molar-refractivity contribution < 1.29 is 18.7 Å². The molecule has 3 aromatic carbocycles. The number of hydrogen-bond donors (Lipinski definition) is 1. The Morgan fingerprint density at radius 1 is 1.10 bits per heavy atom. The number of carbonyl (C=O) groups is 2. The molecule has 1 atom stereocenters. The van der Waals surface area contributed by atoms with Crippen LogP contribution in [-0.4, -0.2) is 36.9 Å². The van der Waals surface area contributed by atoms with Crippen molar-refractivity contribution in [2.24, 2.45) is 5.92 Å². The summed E-state index contributed by atoms with van der Waals surface area (Å²) in [6.45, 7) is 2.61. The summed E-state index contributed by atoms with van der Waals surface area (Å²) >= 11 is 0. The first-order valence-electron chi connectivity index (χ1n) is 10.4. The molecule has 160 valence electrons. The normalized spacial score (nSPS) is 16.2. The zero-order valence-electron chi connectivity index (χ0n) is 17.7. The minimum atomic E-state index is -0.357. The van der Waals surface area contributed by atoms with Crippen LogP contribution in [0.3, 0.4) is 0 Å².